The van der Waals surface area contributed by atoms with Crippen LogP contribution in [-0.4, -0.2) is 15.7 Å². The summed E-state index contributed by atoms with van der Waals surface area (Å²) < 4.78 is 14.8. The molecular weight excluding hydrogens is 247 g/mol. The maximum Gasteiger partial charge on any atom is 0.259 e. The molecule has 0 aliphatic carbocycles. The Morgan fingerprint density at radius 2 is 2.21 bits per heavy atom. The van der Waals surface area contributed by atoms with E-state index in [-0.39, 0.29) is 11.6 Å². The fourth-order valence-electron chi connectivity index (χ4n) is 1.87. The summed E-state index contributed by atoms with van der Waals surface area (Å²) in [6.07, 6.45) is 2.28. The SMILES string of the molecule is CCc1nn(C)cc1C(=O)Nc1cc(N)cc(F)c1. The molecule has 0 unspecified atom stereocenters. The van der Waals surface area contributed by atoms with Gasteiger partial charge in [0.05, 0.1) is 11.3 Å². The molecule has 6 heteroatoms. The second-order valence-corrected chi connectivity index (χ2v) is 4.24. The number of rotatable bonds is 3. The van der Waals surface area contributed by atoms with Crippen molar-refractivity contribution in [2.24, 2.45) is 7.05 Å². The molecule has 0 saturated heterocycles. The minimum atomic E-state index is -0.489. The summed E-state index contributed by atoms with van der Waals surface area (Å²) in [5.74, 6) is -0.813. The third-order valence-electron chi connectivity index (χ3n) is 2.66. The molecule has 0 aliphatic heterocycles. The van der Waals surface area contributed by atoms with Crippen LogP contribution in [0.25, 0.3) is 0 Å². The molecule has 5 nitrogen and oxygen atoms in total. The first-order valence-corrected chi connectivity index (χ1v) is 5.89. The number of hydrogen-bond donors (Lipinski definition) is 2. The predicted octanol–water partition coefficient (Wildman–Crippen LogP) is 1.96. The molecule has 0 bridgehead atoms. The monoisotopic (exact) mass is 262 g/mol. The van der Waals surface area contributed by atoms with Gasteiger partial charge in [0.1, 0.15) is 5.82 Å². The van der Waals surface area contributed by atoms with Crippen molar-refractivity contribution >= 4 is 17.3 Å². The fraction of sp³-hybridized carbons (Fsp3) is 0.231. The Balaban J connectivity index is 2.25. The third-order valence-corrected chi connectivity index (χ3v) is 2.66. The number of nitrogen functional groups attached to an aromatic ring is 1. The molecule has 100 valence electrons. The number of nitrogens with zero attached hydrogens (tertiary/aromatic N) is 2. The highest BCUT2D eigenvalue weighted by atomic mass is 19.1. The summed E-state index contributed by atoms with van der Waals surface area (Å²) in [5.41, 5.74) is 7.29. The Kier molecular flexibility index (Phi) is 3.50. The number of carbonyl (C=O) groups excluding carboxylic acids is 1. The van der Waals surface area contributed by atoms with Gasteiger partial charge in [-0.2, -0.15) is 5.10 Å². The van der Waals surface area contributed by atoms with E-state index in [4.69, 9.17) is 5.73 Å². The molecule has 0 saturated carbocycles. The van der Waals surface area contributed by atoms with Crippen molar-refractivity contribution in [1.29, 1.82) is 0 Å². The van der Waals surface area contributed by atoms with Gasteiger partial charge in [0.25, 0.3) is 5.91 Å². The van der Waals surface area contributed by atoms with Gasteiger partial charge in [0.15, 0.2) is 0 Å². The van der Waals surface area contributed by atoms with E-state index in [1.54, 1.807) is 17.9 Å². The number of nitrogens with one attached hydrogen (secondary N) is 1. The molecule has 1 aromatic heterocycles. The molecule has 0 radical (unpaired) electrons. The molecule has 2 aromatic rings. The number of nitrogens with two attached hydrogens (primary N) is 1. The summed E-state index contributed by atoms with van der Waals surface area (Å²) in [6.45, 7) is 1.92. The minimum Gasteiger partial charge on any atom is -0.399 e. The van der Waals surface area contributed by atoms with E-state index in [0.29, 0.717) is 23.4 Å². The highest BCUT2D eigenvalue weighted by Crippen LogP contribution is 2.17. The maximum absolute atomic E-state index is 13.2. The zero-order valence-corrected chi connectivity index (χ0v) is 10.8. The van der Waals surface area contributed by atoms with Crippen LogP contribution in [0.2, 0.25) is 0 Å². The van der Waals surface area contributed by atoms with E-state index in [0.717, 1.165) is 0 Å². The number of amides is 1. The second-order valence-electron chi connectivity index (χ2n) is 4.24. The average molecular weight is 262 g/mol. The number of benzene rings is 1. The maximum atomic E-state index is 13.2. The molecule has 2 rings (SSSR count). The van der Waals surface area contributed by atoms with Crippen LogP contribution in [0.5, 0.6) is 0 Å². The van der Waals surface area contributed by atoms with Crippen molar-refractivity contribution in [3.8, 4) is 0 Å². The predicted molar refractivity (Wildman–Crippen MR) is 71.4 cm³/mol. The van der Waals surface area contributed by atoms with Crippen molar-refractivity contribution in [2.45, 2.75) is 13.3 Å². The number of aromatic nitrogens is 2. The molecule has 3 N–H and O–H groups in total. The van der Waals surface area contributed by atoms with E-state index in [9.17, 15) is 9.18 Å². The van der Waals surface area contributed by atoms with Crippen molar-refractivity contribution in [1.82, 2.24) is 9.78 Å². The van der Waals surface area contributed by atoms with Gasteiger partial charge in [-0.1, -0.05) is 6.92 Å². The zero-order valence-electron chi connectivity index (χ0n) is 10.8. The number of aryl methyl sites for hydroxylation is 2. The highest BCUT2D eigenvalue weighted by molar-refractivity contribution is 6.05. The van der Waals surface area contributed by atoms with Crippen molar-refractivity contribution in [2.75, 3.05) is 11.1 Å². The quantitative estimate of drug-likeness (QED) is 0.830. The van der Waals surface area contributed by atoms with Gasteiger partial charge < -0.3 is 11.1 Å². The van der Waals surface area contributed by atoms with E-state index < -0.39 is 5.82 Å². The van der Waals surface area contributed by atoms with Crippen LogP contribution in [0, 0.1) is 5.82 Å². The second kappa shape index (κ2) is 5.09. The standard InChI is InChI=1S/C13H15FN4O/c1-3-12-11(7-18(2)17-12)13(19)16-10-5-8(14)4-9(15)6-10/h4-7H,3,15H2,1-2H3,(H,16,19). The molecule has 1 aromatic carbocycles. The fourth-order valence-corrected chi connectivity index (χ4v) is 1.87. The Bertz CT molecular complexity index is 601. The molecule has 1 amide bonds. The molecule has 1 heterocycles. The van der Waals surface area contributed by atoms with Gasteiger partial charge in [-0.15, -0.1) is 0 Å². The van der Waals surface area contributed by atoms with E-state index in [1.165, 1.54) is 18.2 Å². The summed E-state index contributed by atoms with van der Waals surface area (Å²) in [6, 6.07) is 3.91. The van der Waals surface area contributed by atoms with Crippen LogP contribution in [0.1, 0.15) is 23.0 Å². The van der Waals surface area contributed by atoms with Crippen molar-refractivity contribution in [3.63, 3.8) is 0 Å². The van der Waals surface area contributed by atoms with Gasteiger partial charge in [-0.3, -0.25) is 9.48 Å². The smallest absolute Gasteiger partial charge is 0.259 e. The van der Waals surface area contributed by atoms with Crippen LogP contribution >= 0.6 is 0 Å². The lowest BCUT2D eigenvalue weighted by Crippen LogP contribution is -2.13. The lowest BCUT2D eigenvalue weighted by Gasteiger charge is -2.06. The lowest BCUT2D eigenvalue weighted by molar-refractivity contribution is 0.102. The van der Waals surface area contributed by atoms with Crippen LogP contribution in [0.4, 0.5) is 15.8 Å². The first-order chi connectivity index (χ1) is 8.99. The minimum absolute atomic E-state index is 0.261. The normalized spacial score (nSPS) is 10.5. The summed E-state index contributed by atoms with van der Waals surface area (Å²) >= 11 is 0. The molecule has 0 spiro atoms. The lowest BCUT2D eigenvalue weighted by atomic mass is 10.2. The Morgan fingerprint density at radius 3 is 2.84 bits per heavy atom. The van der Waals surface area contributed by atoms with Crippen LogP contribution < -0.4 is 11.1 Å². The van der Waals surface area contributed by atoms with Crippen LogP contribution in [0.15, 0.2) is 24.4 Å². The Morgan fingerprint density at radius 1 is 1.47 bits per heavy atom. The number of hydrogen-bond acceptors (Lipinski definition) is 3. The van der Waals surface area contributed by atoms with E-state index >= 15 is 0 Å². The first-order valence-electron chi connectivity index (χ1n) is 5.89. The number of carbonyl (C=O) groups is 1. The average Bonchev–Trinajstić information content (AvgIpc) is 2.69. The van der Waals surface area contributed by atoms with E-state index in [1.807, 2.05) is 6.92 Å². The number of anilines is 2. The van der Waals surface area contributed by atoms with Gasteiger partial charge >= 0.3 is 0 Å². The largest absolute Gasteiger partial charge is 0.399 e. The molecule has 0 fully saturated rings. The summed E-state index contributed by atoms with van der Waals surface area (Å²) in [5, 5.41) is 6.80. The highest BCUT2D eigenvalue weighted by Gasteiger charge is 2.14. The van der Waals surface area contributed by atoms with Gasteiger partial charge in [0, 0.05) is 24.6 Å². The van der Waals surface area contributed by atoms with Crippen molar-refractivity contribution < 1.29 is 9.18 Å². The van der Waals surface area contributed by atoms with Crippen molar-refractivity contribution in [3.05, 3.63) is 41.5 Å². The zero-order chi connectivity index (χ0) is 14.0. The Labute approximate surface area is 110 Å². The molecular formula is C13H15FN4O. The third kappa shape index (κ3) is 2.90. The van der Waals surface area contributed by atoms with Gasteiger partial charge in [-0.25, -0.2) is 4.39 Å². The van der Waals surface area contributed by atoms with Crippen LogP contribution in [0.3, 0.4) is 0 Å². The van der Waals surface area contributed by atoms with Crippen LogP contribution in [-0.2, 0) is 13.5 Å². The Hall–Kier alpha value is -2.37. The summed E-state index contributed by atoms with van der Waals surface area (Å²) in [4.78, 5) is 12.1. The van der Waals surface area contributed by atoms with Gasteiger partial charge in [0.2, 0.25) is 0 Å². The number of halogens is 1. The summed E-state index contributed by atoms with van der Waals surface area (Å²) in [7, 11) is 1.75. The molecule has 19 heavy (non-hydrogen) atoms. The van der Waals surface area contributed by atoms with E-state index in [2.05, 4.69) is 10.4 Å². The van der Waals surface area contributed by atoms with Gasteiger partial charge in [-0.05, 0) is 24.6 Å². The molecule has 0 atom stereocenters. The molecule has 0 aliphatic rings. The first kappa shape index (κ1) is 13.1. The topological polar surface area (TPSA) is 72.9 Å².